The van der Waals surface area contributed by atoms with E-state index < -0.39 is 11.8 Å². The summed E-state index contributed by atoms with van der Waals surface area (Å²) >= 11 is 3.31. The van der Waals surface area contributed by atoms with Crippen molar-refractivity contribution >= 4 is 34.0 Å². The third kappa shape index (κ3) is 4.88. The zero-order valence-corrected chi connectivity index (χ0v) is 12.5. The highest BCUT2D eigenvalue weighted by molar-refractivity contribution is 9.10. The molecule has 0 spiro atoms. The van der Waals surface area contributed by atoms with Gasteiger partial charge in [0.25, 0.3) is 0 Å². The van der Waals surface area contributed by atoms with Gasteiger partial charge in [0.05, 0.1) is 19.0 Å². The van der Waals surface area contributed by atoms with Crippen LogP contribution in [0, 0.1) is 0 Å². The summed E-state index contributed by atoms with van der Waals surface area (Å²) in [6.07, 6.45) is 2.94. The Hall–Kier alpha value is -2.41. The standard InChI is InChI=1S/C14H12BrN3O3/c15-11-5-3-10(4-6-11)8-17-18-14(20)13(19)16-9-12-2-1-7-21-12/h1-8H,9H2,(H,16,19)(H,18,20)/b17-8+. The normalized spacial score (nSPS) is 10.5. The van der Waals surface area contributed by atoms with Crippen molar-refractivity contribution in [1.82, 2.24) is 10.7 Å². The Morgan fingerprint density at radius 3 is 2.62 bits per heavy atom. The molecule has 7 heteroatoms. The van der Waals surface area contributed by atoms with Gasteiger partial charge in [0, 0.05) is 4.47 Å². The first-order valence-corrected chi connectivity index (χ1v) is 6.83. The van der Waals surface area contributed by atoms with E-state index in [2.05, 4.69) is 31.8 Å². The lowest BCUT2D eigenvalue weighted by Crippen LogP contribution is -2.37. The van der Waals surface area contributed by atoms with E-state index in [1.165, 1.54) is 12.5 Å². The Bertz CT molecular complexity index is 636. The average Bonchev–Trinajstić information content (AvgIpc) is 3.00. The highest BCUT2D eigenvalue weighted by Gasteiger charge is 2.12. The summed E-state index contributed by atoms with van der Waals surface area (Å²) in [6.45, 7) is 0.148. The molecule has 0 saturated carbocycles. The third-order valence-electron chi connectivity index (χ3n) is 2.46. The van der Waals surface area contributed by atoms with E-state index in [0.717, 1.165) is 10.0 Å². The van der Waals surface area contributed by atoms with Crippen LogP contribution >= 0.6 is 15.9 Å². The van der Waals surface area contributed by atoms with Crippen LogP contribution in [0.3, 0.4) is 0 Å². The number of hydrazone groups is 1. The summed E-state index contributed by atoms with van der Waals surface area (Å²) in [7, 11) is 0. The fraction of sp³-hybridized carbons (Fsp3) is 0.0714. The van der Waals surface area contributed by atoms with Gasteiger partial charge in [0.2, 0.25) is 0 Å². The Morgan fingerprint density at radius 1 is 1.19 bits per heavy atom. The van der Waals surface area contributed by atoms with Gasteiger partial charge < -0.3 is 9.73 Å². The molecule has 0 saturated heterocycles. The summed E-state index contributed by atoms with van der Waals surface area (Å²) < 4.78 is 5.98. The first kappa shape index (κ1) is 15.0. The lowest BCUT2D eigenvalue weighted by atomic mass is 10.2. The fourth-order valence-electron chi connectivity index (χ4n) is 1.43. The van der Waals surface area contributed by atoms with Crippen LogP contribution < -0.4 is 10.7 Å². The highest BCUT2D eigenvalue weighted by atomic mass is 79.9. The number of halogens is 1. The molecule has 0 aliphatic heterocycles. The second kappa shape index (κ2) is 7.39. The van der Waals surface area contributed by atoms with Gasteiger partial charge in [-0.05, 0) is 29.8 Å². The third-order valence-corrected chi connectivity index (χ3v) is 2.99. The Balaban J connectivity index is 1.78. The molecule has 0 aliphatic carbocycles. The van der Waals surface area contributed by atoms with Crippen molar-refractivity contribution in [3.05, 3.63) is 58.5 Å². The number of rotatable bonds is 4. The molecule has 2 aromatic rings. The molecule has 1 heterocycles. The summed E-state index contributed by atoms with van der Waals surface area (Å²) in [6, 6.07) is 10.7. The van der Waals surface area contributed by atoms with Crippen LogP contribution in [0.2, 0.25) is 0 Å². The summed E-state index contributed by atoms with van der Waals surface area (Å²) in [5.74, 6) is -1.05. The Morgan fingerprint density at radius 2 is 1.95 bits per heavy atom. The van der Waals surface area contributed by atoms with Crippen molar-refractivity contribution in [2.75, 3.05) is 0 Å². The predicted octanol–water partition coefficient (Wildman–Crippen LogP) is 1.81. The van der Waals surface area contributed by atoms with Gasteiger partial charge in [-0.2, -0.15) is 5.10 Å². The van der Waals surface area contributed by atoms with Gasteiger partial charge >= 0.3 is 11.8 Å². The lowest BCUT2D eigenvalue weighted by molar-refractivity contribution is -0.139. The topological polar surface area (TPSA) is 83.7 Å². The maximum Gasteiger partial charge on any atom is 0.329 e. The SMILES string of the molecule is O=C(NCc1ccco1)C(=O)N/N=C/c1ccc(Br)cc1. The van der Waals surface area contributed by atoms with Gasteiger partial charge in [-0.3, -0.25) is 9.59 Å². The Kier molecular flexibility index (Phi) is 5.28. The quantitative estimate of drug-likeness (QED) is 0.501. The molecule has 6 nitrogen and oxygen atoms in total. The summed E-state index contributed by atoms with van der Waals surface area (Å²) in [5, 5.41) is 6.13. The van der Waals surface area contributed by atoms with Crippen LogP contribution in [0.1, 0.15) is 11.3 Å². The minimum Gasteiger partial charge on any atom is -0.467 e. The molecule has 2 amide bonds. The predicted molar refractivity (Wildman–Crippen MR) is 80.4 cm³/mol. The smallest absolute Gasteiger partial charge is 0.329 e. The molecule has 0 radical (unpaired) electrons. The van der Waals surface area contributed by atoms with Gasteiger partial charge in [0.15, 0.2) is 0 Å². The molecule has 108 valence electrons. The second-order valence-corrected chi connectivity index (χ2v) is 4.93. The minimum absolute atomic E-state index is 0.148. The molecule has 0 unspecified atom stereocenters. The molecule has 1 aromatic carbocycles. The number of furan rings is 1. The summed E-state index contributed by atoms with van der Waals surface area (Å²) in [5.41, 5.74) is 2.95. The van der Waals surface area contributed by atoms with Gasteiger partial charge in [0.1, 0.15) is 5.76 Å². The molecule has 0 atom stereocenters. The van der Waals surface area contributed by atoms with Crippen LogP contribution in [0.4, 0.5) is 0 Å². The molecule has 2 rings (SSSR count). The van der Waals surface area contributed by atoms with E-state index in [1.54, 1.807) is 12.1 Å². The Labute approximate surface area is 129 Å². The first-order chi connectivity index (χ1) is 10.1. The average molecular weight is 350 g/mol. The van der Waals surface area contributed by atoms with Crippen LogP contribution in [0.5, 0.6) is 0 Å². The van der Waals surface area contributed by atoms with Crippen molar-refractivity contribution in [1.29, 1.82) is 0 Å². The first-order valence-electron chi connectivity index (χ1n) is 6.04. The number of hydrogen-bond donors (Lipinski definition) is 2. The fourth-order valence-corrected chi connectivity index (χ4v) is 1.69. The van der Waals surface area contributed by atoms with Crippen molar-refractivity contribution in [2.45, 2.75) is 6.54 Å². The van der Waals surface area contributed by atoms with E-state index in [0.29, 0.717) is 5.76 Å². The number of amides is 2. The molecule has 1 aromatic heterocycles. The number of benzene rings is 1. The van der Waals surface area contributed by atoms with E-state index in [1.807, 2.05) is 24.3 Å². The molecule has 21 heavy (non-hydrogen) atoms. The molecular formula is C14H12BrN3O3. The van der Waals surface area contributed by atoms with E-state index in [9.17, 15) is 9.59 Å². The van der Waals surface area contributed by atoms with Crippen LogP contribution in [-0.4, -0.2) is 18.0 Å². The number of carbonyl (C=O) groups is 2. The van der Waals surface area contributed by atoms with Crippen LogP contribution in [0.15, 0.2) is 56.7 Å². The minimum atomic E-state index is -0.838. The van der Waals surface area contributed by atoms with Crippen molar-refractivity contribution < 1.29 is 14.0 Å². The lowest BCUT2D eigenvalue weighted by Gasteiger charge is -2.01. The van der Waals surface area contributed by atoms with Crippen LogP contribution in [0.25, 0.3) is 0 Å². The number of nitrogens with one attached hydrogen (secondary N) is 2. The highest BCUT2D eigenvalue weighted by Crippen LogP contribution is 2.08. The van der Waals surface area contributed by atoms with Gasteiger partial charge in [-0.25, -0.2) is 5.43 Å². The summed E-state index contributed by atoms with van der Waals surface area (Å²) in [4.78, 5) is 23.0. The van der Waals surface area contributed by atoms with Crippen molar-refractivity contribution in [3.63, 3.8) is 0 Å². The van der Waals surface area contributed by atoms with E-state index in [-0.39, 0.29) is 6.54 Å². The van der Waals surface area contributed by atoms with Crippen molar-refractivity contribution in [2.24, 2.45) is 5.10 Å². The van der Waals surface area contributed by atoms with Crippen molar-refractivity contribution in [3.8, 4) is 0 Å². The largest absolute Gasteiger partial charge is 0.467 e. The van der Waals surface area contributed by atoms with Gasteiger partial charge in [-0.1, -0.05) is 28.1 Å². The molecule has 2 N–H and O–H groups in total. The van der Waals surface area contributed by atoms with Gasteiger partial charge in [-0.15, -0.1) is 0 Å². The number of carbonyl (C=O) groups excluding carboxylic acids is 2. The molecular weight excluding hydrogens is 338 g/mol. The molecule has 0 fully saturated rings. The zero-order valence-electron chi connectivity index (χ0n) is 10.9. The number of hydrogen-bond acceptors (Lipinski definition) is 4. The maximum atomic E-state index is 11.5. The second-order valence-electron chi connectivity index (χ2n) is 4.01. The zero-order chi connectivity index (χ0) is 15.1. The van der Waals surface area contributed by atoms with Crippen LogP contribution in [-0.2, 0) is 16.1 Å². The molecule has 0 aliphatic rings. The van der Waals surface area contributed by atoms with E-state index in [4.69, 9.17) is 4.42 Å². The van der Waals surface area contributed by atoms with E-state index >= 15 is 0 Å². The maximum absolute atomic E-state index is 11.5. The monoisotopic (exact) mass is 349 g/mol. The molecule has 0 bridgehead atoms. The number of nitrogens with zero attached hydrogens (tertiary/aromatic N) is 1.